The van der Waals surface area contributed by atoms with Crippen LogP contribution >= 0.6 is 11.8 Å². The third-order valence-corrected chi connectivity index (χ3v) is 11.0. The fourth-order valence-electron chi connectivity index (χ4n) is 8.11. The van der Waals surface area contributed by atoms with Crippen LogP contribution in [0.2, 0.25) is 0 Å². The average molecular weight is 445 g/mol. The summed E-state index contributed by atoms with van der Waals surface area (Å²) in [5, 5.41) is 0.822. The first-order valence-corrected chi connectivity index (χ1v) is 14.1. The molecule has 0 saturated heterocycles. The van der Waals surface area contributed by atoms with Crippen LogP contribution in [0.3, 0.4) is 0 Å². The van der Waals surface area contributed by atoms with Crippen LogP contribution in [0.5, 0.6) is 0 Å². The first kappa shape index (κ1) is 25.1. The molecule has 4 rings (SSSR count). The molecule has 2 heteroatoms. The fraction of sp³-hybridized carbons (Fsp3) is 0.828. The van der Waals surface area contributed by atoms with Gasteiger partial charge < -0.3 is 0 Å². The van der Waals surface area contributed by atoms with Crippen molar-refractivity contribution in [3.63, 3.8) is 0 Å². The number of hydrogen-bond donors (Lipinski definition) is 0. The van der Waals surface area contributed by atoms with Gasteiger partial charge in [0.1, 0.15) is 0 Å². The molecule has 0 spiro atoms. The lowest BCUT2D eigenvalue weighted by atomic mass is 9.46. The first-order chi connectivity index (χ1) is 14.7. The van der Waals surface area contributed by atoms with Crippen LogP contribution in [-0.2, 0) is 4.79 Å². The summed E-state index contributed by atoms with van der Waals surface area (Å²) in [7, 11) is 0. The summed E-state index contributed by atoms with van der Waals surface area (Å²) in [6, 6.07) is 0. The Morgan fingerprint density at radius 1 is 1.13 bits per heavy atom. The fourth-order valence-corrected chi connectivity index (χ4v) is 9.34. The van der Waals surface area contributed by atoms with E-state index >= 15 is 0 Å². The van der Waals surface area contributed by atoms with Gasteiger partial charge in [-0.05, 0) is 98.2 Å². The summed E-state index contributed by atoms with van der Waals surface area (Å²) < 4.78 is 0. The van der Waals surface area contributed by atoms with Crippen LogP contribution in [0.25, 0.3) is 0 Å². The van der Waals surface area contributed by atoms with Crippen LogP contribution in [0.1, 0.15) is 106 Å². The standard InChI is InChI=1S/C27H42OS.C2H6/c1-7-17(2)14-20-8-9-22-25-23(11-13-26(20,22)5)27(6)12-10-18(3)15-21(27)16-24(25)29-19(4)28;1-2/h15,18,20,22-25H,2,7-14,16H2,1,3-6H3;1-2H3. The van der Waals surface area contributed by atoms with Crippen molar-refractivity contribution in [2.45, 2.75) is 112 Å². The minimum atomic E-state index is 0.322. The molecule has 0 aliphatic heterocycles. The molecule has 3 saturated carbocycles. The number of rotatable bonds is 4. The van der Waals surface area contributed by atoms with Crippen molar-refractivity contribution in [1.82, 2.24) is 0 Å². The largest absolute Gasteiger partial charge is 0.288 e. The molecule has 8 unspecified atom stereocenters. The Morgan fingerprint density at radius 3 is 2.48 bits per heavy atom. The van der Waals surface area contributed by atoms with E-state index in [4.69, 9.17) is 0 Å². The highest BCUT2D eigenvalue weighted by molar-refractivity contribution is 8.14. The number of hydrogen-bond acceptors (Lipinski definition) is 2. The average Bonchev–Trinajstić information content (AvgIpc) is 3.06. The zero-order chi connectivity index (χ0) is 23.0. The molecule has 0 N–H and O–H groups in total. The van der Waals surface area contributed by atoms with Gasteiger partial charge in [0.05, 0.1) is 0 Å². The molecule has 4 aliphatic rings. The molecule has 3 fully saturated rings. The number of allylic oxidation sites excluding steroid dienone is 3. The van der Waals surface area contributed by atoms with E-state index < -0.39 is 0 Å². The second kappa shape index (κ2) is 9.78. The quantitative estimate of drug-likeness (QED) is 0.403. The van der Waals surface area contributed by atoms with Crippen molar-refractivity contribution in [2.75, 3.05) is 0 Å². The molecule has 1 nitrogen and oxygen atoms in total. The molecule has 0 aromatic rings. The summed E-state index contributed by atoms with van der Waals surface area (Å²) in [6.45, 7) is 20.0. The van der Waals surface area contributed by atoms with Crippen molar-refractivity contribution in [3.8, 4) is 0 Å². The first-order valence-electron chi connectivity index (χ1n) is 13.2. The molecule has 4 aliphatic carbocycles. The van der Waals surface area contributed by atoms with Crippen LogP contribution < -0.4 is 0 Å². The van der Waals surface area contributed by atoms with E-state index in [1.54, 1.807) is 24.3 Å². The van der Waals surface area contributed by atoms with Gasteiger partial charge in [-0.2, -0.15) is 0 Å². The van der Waals surface area contributed by atoms with Crippen LogP contribution in [-0.4, -0.2) is 10.4 Å². The van der Waals surface area contributed by atoms with Gasteiger partial charge in [0.15, 0.2) is 5.12 Å². The maximum atomic E-state index is 12.2. The van der Waals surface area contributed by atoms with E-state index in [0.29, 0.717) is 27.1 Å². The van der Waals surface area contributed by atoms with E-state index in [0.717, 1.165) is 36.5 Å². The molecule has 0 aromatic carbocycles. The Labute approximate surface area is 197 Å². The topological polar surface area (TPSA) is 17.1 Å². The van der Waals surface area contributed by atoms with Gasteiger partial charge in [0.25, 0.3) is 0 Å². The van der Waals surface area contributed by atoms with Crippen LogP contribution in [0.15, 0.2) is 23.8 Å². The Hall–Kier alpha value is -0.500. The van der Waals surface area contributed by atoms with Gasteiger partial charge in [0.2, 0.25) is 0 Å². The highest BCUT2D eigenvalue weighted by Crippen LogP contribution is 2.68. The summed E-state index contributed by atoms with van der Waals surface area (Å²) in [4.78, 5) is 12.2. The van der Waals surface area contributed by atoms with E-state index in [9.17, 15) is 4.79 Å². The predicted molar refractivity (Wildman–Crippen MR) is 137 cm³/mol. The zero-order valence-electron chi connectivity index (χ0n) is 21.4. The summed E-state index contributed by atoms with van der Waals surface area (Å²) >= 11 is 1.69. The molecule has 0 heterocycles. The molecule has 176 valence electrons. The molecule has 0 aromatic heterocycles. The third-order valence-electron chi connectivity index (χ3n) is 9.89. The Balaban J connectivity index is 0.00000132. The molecule has 31 heavy (non-hydrogen) atoms. The number of carbonyl (C=O) groups excluding carboxylic acids is 1. The van der Waals surface area contributed by atoms with E-state index in [1.165, 1.54) is 50.5 Å². The Kier molecular flexibility index (Phi) is 7.93. The summed E-state index contributed by atoms with van der Waals surface area (Å²) in [5.41, 5.74) is 3.98. The molecule has 0 amide bonds. The second-order valence-corrected chi connectivity index (χ2v) is 12.8. The van der Waals surface area contributed by atoms with Crippen LogP contribution in [0.4, 0.5) is 0 Å². The monoisotopic (exact) mass is 444 g/mol. The molecular weight excluding hydrogens is 396 g/mol. The lowest BCUT2D eigenvalue weighted by Gasteiger charge is -2.60. The number of fused-ring (bicyclic) bond motifs is 5. The van der Waals surface area contributed by atoms with E-state index in [1.807, 2.05) is 13.8 Å². The minimum Gasteiger partial charge on any atom is -0.288 e. The second-order valence-electron chi connectivity index (χ2n) is 11.4. The van der Waals surface area contributed by atoms with Gasteiger partial charge in [0, 0.05) is 12.2 Å². The maximum Gasteiger partial charge on any atom is 0.186 e. The molecule has 0 bridgehead atoms. The summed E-state index contributed by atoms with van der Waals surface area (Å²) in [6.07, 6.45) is 14.3. The van der Waals surface area contributed by atoms with Gasteiger partial charge in [-0.3, -0.25) is 4.79 Å². The molecule has 0 radical (unpaired) electrons. The van der Waals surface area contributed by atoms with Gasteiger partial charge >= 0.3 is 0 Å². The van der Waals surface area contributed by atoms with Crippen molar-refractivity contribution in [2.24, 2.45) is 40.4 Å². The molecule has 8 atom stereocenters. The van der Waals surface area contributed by atoms with Crippen LogP contribution in [0, 0.1) is 40.4 Å². The van der Waals surface area contributed by atoms with E-state index in [2.05, 4.69) is 40.3 Å². The van der Waals surface area contributed by atoms with Gasteiger partial charge in [-0.25, -0.2) is 0 Å². The third kappa shape index (κ3) is 4.49. The van der Waals surface area contributed by atoms with Gasteiger partial charge in [-0.15, -0.1) is 0 Å². The van der Waals surface area contributed by atoms with E-state index in [-0.39, 0.29) is 0 Å². The smallest absolute Gasteiger partial charge is 0.186 e. The highest BCUT2D eigenvalue weighted by atomic mass is 32.2. The van der Waals surface area contributed by atoms with Gasteiger partial charge in [-0.1, -0.05) is 77.1 Å². The SMILES string of the molecule is C=C(CC)CC1CCC2C3C(SC(C)=O)CC4=CC(C)CCC4(C)C3CCC12C.CC. The normalized spacial score (nSPS) is 43.5. The lowest BCUT2D eigenvalue weighted by Crippen LogP contribution is -2.54. The number of thioether (sulfide) groups is 1. The van der Waals surface area contributed by atoms with Crippen molar-refractivity contribution >= 4 is 16.9 Å². The van der Waals surface area contributed by atoms with Crippen molar-refractivity contribution in [1.29, 1.82) is 0 Å². The lowest BCUT2D eigenvalue weighted by molar-refractivity contribution is -0.109. The molecular formula is C29H48OS. The minimum absolute atomic E-state index is 0.322. The number of carbonyl (C=O) groups is 1. The Bertz CT molecular complexity index is 708. The zero-order valence-corrected chi connectivity index (χ0v) is 22.2. The highest BCUT2D eigenvalue weighted by Gasteiger charge is 2.61. The summed E-state index contributed by atoms with van der Waals surface area (Å²) in [5.74, 6) is 3.81. The van der Waals surface area contributed by atoms with Crippen molar-refractivity contribution < 1.29 is 4.79 Å². The Morgan fingerprint density at radius 2 is 1.84 bits per heavy atom. The maximum absolute atomic E-state index is 12.2. The van der Waals surface area contributed by atoms with Crippen molar-refractivity contribution in [3.05, 3.63) is 23.8 Å². The predicted octanol–water partition coefficient (Wildman–Crippen LogP) is 8.84.